The van der Waals surface area contributed by atoms with Crippen molar-refractivity contribution in [1.29, 1.82) is 0 Å². The van der Waals surface area contributed by atoms with E-state index in [1.165, 1.54) is 5.56 Å². The van der Waals surface area contributed by atoms with Crippen LogP contribution in [0.4, 0.5) is 5.69 Å². The molecule has 0 saturated carbocycles. The summed E-state index contributed by atoms with van der Waals surface area (Å²) in [5.74, 6) is 0.235. The maximum Gasteiger partial charge on any atom is 0.257 e. The van der Waals surface area contributed by atoms with Crippen molar-refractivity contribution in [3.8, 4) is 0 Å². The van der Waals surface area contributed by atoms with Gasteiger partial charge in [0.15, 0.2) is 5.11 Å². The van der Waals surface area contributed by atoms with Gasteiger partial charge in [0.05, 0.1) is 0 Å². The van der Waals surface area contributed by atoms with Crippen molar-refractivity contribution in [2.45, 2.75) is 19.8 Å². The summed E-state index contributed by atoms with van der Waals surface area (Å²) in [6, 6.07) is 15.3. The number of hydrogen-bond acceptors (Lipinski definition) is 2. The quantitative estimate of drug-likeness (QED) is 0.562. The summed E-state index contributed by atoms with van der Waals surface area (Å²) in [7, 11) is 0. The minimum Gasteiger partial charge on any atom is -0.332 e. The van der Waals surface area contributed by atoms with Gasteiger partial charge in [-0.25, -0.2) is 0 Å². The number of nitrogens with one attached hydrogen (secondary N) is 2. The third-order valence-corrected chi connectivity index (χ3v) is 4.09. The van der Waals surface area contributed by atoms with Crippen LogP contribution in [0.15, 0.2) is 48.5 Å². The number of hydrogen-bond donors (Lipinski definition) is 2. The third-order valence-electron chi connectivity index (χ3n) is 3.17. The fourth-order valence-electron chi connectivity index (χ4n) is 1.89. The number of rotatable bonds is 3. The van der Waals surface area contributed by atoms with Crippen LogP contribution in [0.2, 0.25) is 0 Å². The van der Waals surface area contributed by atoms with Gasteiger partial charge in [0.2, 0.25) is 0 Å². The van der Waals surface area contributed by atoms with Crippen molar-refractivity contribution in [3.05, 3.63) is 63.2 Å². The molecule has 0 radical (unpaired) electrons. The van der Waals surface area contributed by atoms with Gasteiger partial charge in [0.1, 0.15) is 0 Å². The molecular weight excluding hydrogens is 407 g/mol. The number of benzene rings is 2. The van der Waals surface area contributed by atoms with Gasteiger partial charge < -0.3 is 5.32 Å². The average Bonchev–Trinajstić information content (AvgIpc) is 2.49. The van der Waals surface area contributed by atoms with Crippen molar-refractivity contribution in [1.82, 2.24) is 5.32 Å². The highest BCUT2D eigenvalue weighted by Gasteiger charge is 2.08. The molecule has 2 aromatic rings. The molecule has 0 spiro atoms. The lowest BCUT2D eigenvalue weighted by molar-refractivity contribution is 0.0977. The lowest BCUT2D eigenvalue weighted by Gasteiger charge is -2.10. The van der Waals surface area contributed by atoms with E-state index in [-0.39, 0.29) is 5.91 Å². The Kier molecular flexibility index (Phi) is 5.90. The van der Waals surface area contributed by atoms with Crippen LogP contribution < -0.4 is 10.6 Å². The molecule has 5 heteroatoms. The van der Waals surface area contributed by atoms with Gasteiger partial charge in [-0.2, -0.15) is 0 Å². The van der Waals surface area contributed by atoms with Crippen molar-refractivity contribution >= 4 is 51.5 Å². The summed E-state index contributed by atoms with van der Waals surface area (Å²) in [6.45, 7) is 4.24. The predicted molar refractivity (Wildman–Crippen MR) is 103 cm³/mol. The number of anilines is 1. The summed E-state index contributed by atoms with van der Waals surface area (Å²) in [5, 5.41) is 5.97. The number of carbonyl (C=O) groups excluding carboxylic acids is 1. The molecule has 3 nitrogen and oxygen atoms in total. The second-order valence-electron chi connectivity index (χ2n) is 5.19. The molecule has 114 valence electrons. The van der Waals surface area contributed by atoms with Crippen molar-refractivity contribution < 1.29 is 4.79 Å². The van der Waals surface area contributed by atoms with Gasteiger partial charge in [0.25, 0.3) is 5.91 Å². The Bertz CT molecular complexity index is 666. The van der Waals surface area contributed by atoms with Crippen LogP contribution in [0.1, 0.15) is 35.7 Å². The van der Waals surface area contributed by atoms with E-state index in [1.807, 2.05) is 48.5 Å². The Hall–Kier alpha value is -1.47. The first-order valence-corrected chi connectivity index (χ1v) is 8.42. The molecule has 2 N–H and O–H groups in total. The van der Waals surface area contributed by atoms with E-state index < -0.39 is 0 Å². The summed E-state index contributed by atoms with van der Waals surface area (Å²) in [4.78, 5) is 12.1. The number of halogens is 1. The zero-order valence-electron chi connectivity index (χ0n) is 12.4. The minimum atomic E-state index is -0.210. The molecule has 0 aromatic heterocycles. The van der Waals surface area contributed by atoms with E-state index in [0.717, 1.165) is 9.26 Å². The van der Waals surface area contributed by atoms with Gasteiger partial charge in [-0.3, -0.25) is 10.1 Å². The molecule has 0 aliphatic heterocycles. The topological polar surface area (TPSA) is 41.1 Å². The van der Waals surface area contributed by atoms with Crippen molar-refractivity contribution in [3.63, 3.8) is 0 Å². The average molecular weight is 424 g/mol. The standard InChI is InChI=1S/C17H17IN2OS/c1-11(2)12-3-5-13(6-4-12)16(21)20-17(22)19-15-9-7-14(18)8-10-15/h3-11H,1-2H3,(H2,19,20,21,22). The molecule has 2 aromatic carbocycles. The second-order valence-corrected chi connectivity index (χ2v) is 6.85. The van der Waals surface area contributed by atoms with E-state index >= 15 is 0 Å². The number of amides is 1. The summed E-state index contributed by atoms with van der Waals surface area (Å²) < 4.78 is 1.14. The van der Waals surface area contributed by atoms with Gasteiger partial charge >= 0.3 is 0 Å². The van der Waals surface area contributed by atoms with E-state index in [1.54, 1.807) is 0 Å². The van der Waals surface area contributed by atoms with Crippen LogP contribution in [-0.2, 0) is 0 Å². The maximum absolute atomic E-state index is 12.1. The predicted octanol–water partition coefficient (Wildman–Crippen LogP) is 4.54. The molecule has 0 unspecified atom stereocenters. The first-order chi connectivity index (χ1) is 10.5. The van der Waals surface area contributed by atoms with Crippen LogP contribution in [-0.4, -0.2) is 11.0 Å². The molecule has 22 heavy (non-hydrogen) atoms. The Labute approximate surface area is 149 Å². The van der Waals surface area contributed by atoms with Crippen molar-refractivity contribution in [2.75, 3.05) is 5.32 Å². The SMILES string of the molecule is CC(C)c1ccc(C(=O)NC(=S)Nc2ccc(I)cc2)cc1. The molecule has 0 fully saturated rings. The Morgan fingerprint density at radius 2 is 1.64 bits per heavy atom. The van der Waals surface area contributed by atoms with Gasteiger partial charge in [-0.05, 0) is 82.7 Å². The molecule has 1 amide bonds. The molecule has 0 atom stereocenters. The largest absolute Gasteiger partial charge is 0.332 e. The highest BCUT2D eigenvalue weighted by molar-refractivity contribution is 14.1. The molecule has 0 aliphatic rings. The van der Waals surface area contributed by atoms with Gasteiger partial charge in [0, 0.05) is 14.8 Å². The normalized spacial score (nSPS) is 10.4. The third kappa shape index (κ3) is 4.78. The highest BCUT2D eigenvalue weighted by atomic mass is 127. The molecule has 0 heterocycles. The van der Waals surface area contributed by atoms with Crippen LogP contribution in [0.5, 0.6) is 0 Å². The Morgan fingerprint density at radius 1 is 1.05 bits per heavy atom. The second kappa shape index (κ2) is 7.69. The Balaban J connectivity index is 1.96. The zero-order valence-corrected chi connectivity index (χ0v) is 15.4. The number of thiocarbonyl (C=S) groups is 1. The molecule has 0 saturated heterocycles. The summed E-state index contributed by atoms with van der Waals surface area (Å²) in [5.41, 5.74) is 2.65. The van der Waals surface area contributed by atoms with Crippen molar-refractivity contribution in [2.24, 2.45) is 0 Å². The summed E-state index contributed by atoms with van der Waals surface area (Å²) >= 11 is 7.40. The monoisotopic (exact) mass is 424 g/mol. The molecule has 2 rings (SSSR count). The van der Waals surface area contributed by atoms with E-state index in [9.17, 15) is 4.79 Å². The lowest BCUT2D eigenvalue weighted by Crippen LogP contribution is -2.34. The maximum atomic E-state index is 12.1. The summed E-state index contributed by atoms with van der Waals surface area (Å²) in [6.07, 6.45) is 0. The smallest absolute Gasteiger partial charge is 0.257 e. The van der Waals surface area contributed by atoms with E-state index in [4.69, 9.17) is 12.2 Å². The fraction of sp³-hybridized carbons (Fsp3) is 0.176. The lowest BCUT2D eigenvalue weighted by atomic mass is 10.0. The van der Waals surface area contributed by atoms with Crippen LogP contribution in [0.25, 0.3) is 0 Å². The van der Waals surface area contributed by atoms with Crippen LogP contribution in [0.3, 0.4) is 0 Å². The molecule has 0 bridgehead atoms. The molecule has 0 aliphatic carbocycles. The van der Waals surface area contributed by atoms with Gasteiger partial charge in [-0.1, -0.05) is 26.0 Å². The molecular formula is C17H17IN2OS. The first-order valence-electron chi connectivity index (χ1n) is 6.93. The highest BCUT2D eigenvalue weighted by Crippen LogP contribution is 2.15. The van der Waals surface area contributed by atoms with Crippen LogP contribution in [0, 0.1) is 3.57 Å². The fourth-order valence-corrected chi connectivity index (χ4v) is 2.46. The number of carbonyl (C=O) groups is 1. The first kappa shape index (κ1) is 16.9. The van der Waals surface area contributed by atoms with Gasteiger partial charge in [-0.15, -0.1) is 0 Å². The zero-order chi connectivity index (χ0) is 16.1. The van der Waals surface area contributed by atoms with E-state index in [2.05, 4.69) is 47.1 Å². The van der Waals surface area contributed by atoms with Crippen LogP contribution >= 0.6 is 34.8 Å². The van der Waals surface area contributed by atoms with E-state index in [0.29, 0.717) is 16.6 Å². The Morgan fingerprint density at radius 3 is 2.18 bits per heavy atom. The minimum absolute atomic E-state index is 0.210.